The van der Waals surface area contributed by atoms with Crippen molar-refractivity contribution < 1.29 is 13.2 Å². The molecule has 0 fully saturated rings. The zero-order valence-electron chi connectivity index (χ0n) is 6.92. The molecule has 0 spiro atoms. The van der Waals surface area contributed by atoms with Gasteiger partial charge in [0.1, 0.15) is 4.90 Å². The quantitative estimate of drug-likeness (QED) is 0.506. The first-order valence-electron chi connectivity index (χ1n) is 3.34. The maximum Gasteiger partial charge on any atom is 0.265 e. The van der Waals surface area contributed by atoms with Gasteiger partial charge in [-0.3, -0.25) is 0 Å². The number of rotatable bonds is 2. The zero-order chi connectivity index (χ0) is 10.9. The van der Waals surface area contributed by atoms with Crippen molar-refractivity contribution in [3.8, 4) is 5.75 Å². The minimum Gasteiger partial charge on any atom is -0.494 e. The van der Waals surface area contributed by atoms with Crippen LogP contribution in [0.25, 0.3) is 0 Å². The minimum absolute atomic E-state index is 0.00600. The molecule has 1 aromatic carbocycles. The maximum atomic E-state index is 11.2. The molecule has 0 aliphatic heterocycles. The van der Waals surface area contributed by atoms with Crippen LogP contribution in [-0.2, 0) is 9.05 Å². The smallest absolute Gasteiger partial charge is 0.265 e. The molecule has 0 unspecified atom stereocenters. The van der Waals surface area contributed by atoms with E-state index in [1.165, 1.54) is 13.2 Å². The maximum absolute atomic E-state index is 11.2. The first-order valence-corrected chi connectivity index (χ1v) is 7.81. The highest BCUT2D eigenvalue weighted by Gasteiger charge is 2.20. The zero-order valence-corrected chi connectivity index (χ0v) is 12.8. The van der Waals surface area contributed by atoms with Crippen molar-refractivity contribution in [1.29, 1.82) is 0 Å². The highest BCUT2D eigenvalue weighted by atomic mass is 127. The van der Waals surface area contributed by atoms with Crippen LogP contribution in [0.3, 0.4) is 0 Å². The third-order valence-corrected chi connectivity index (χ3v) is 5.83. The fraction of sp³-hybridized carbons (Fsp3) is 0.143. The molecule has 0 saturated carbocycles. The summed E-state index contributed by atoms with van der Waals surface area (Å²) in [6, 6.07) is 3.12. The lowest BCUT2D eigenvalue weighted by molar-refractivity contribution is 0.399. The van der Waals surface area contributed by atoms with E-state index in [4.69, 9.17) is 15.4 Å². The number of methoxy groups -OCH3 is 1. The van der Waals surface area contributed by atoms with Crippen LogP contribution >= 0.6 is 55.9 Å². The Morgan fingerprint density at radius 1 is 1.36 bits per heavy atom. The Morgan fingerprint density at radius 3 is 2.36 bits per heavy atom. The SMILES string of the molecule is COc1c(S(=O)(=O)Cl)ccc(I)c1I. The molecule has 0 amide bonds. The summed E-state index contributed by atoms with van der Waals surface area (Å²) in [7, 11) is 2.92. The normalized spacial score (nSPS) is 11.4. The molecule has 1 rings (SSSR count). The van der Waals surface area contributed by atoms with Crippen molar-refractivity contribution in [2.75, 3.05) is 7.11 Å². The molecule has 0 aromatic heterocycles. The molecule has 7 heteroatoms. The second-order valence-electron chi connectivity index (χ2n) is 2.33. The highest BCUT2D eigenvalue weighted by molar-refractivity contribution is 14.1. The van der Waals surface area contributed by atoms with E-state index in [-0.39, 0.29) is 4.90 Å². The molecule has 0 atom stereocenters. The third kappa shape index (κ3) is 2.64. The van der Waals surface area contributed by atoms with Gasteiger partial charge in [0, 0.05) is 14.3 Å². The molecule has 0 saturated heterocycles. The average Bonchev–Trinajstić information content (AvgIpc) is 2.07. The van der Waals surface area contributed by atoms with Crippen LogP contribution < -0.4 is 4.74 Å². The van der Waals surface area contributed by atoms with Gasteiger partial charge in [-0.1, -0.05) is 0 Å². The van der Waals surface area contributed by atoms with Gasteiger partial charge >= 0.3 is 0 Å². The minimum atomic E-state index is -3.75. The summed E-state index contributed by atoms with van der Waals surface area (Å²) in [6.45, 7) is 0. The Balaban J connectivity index is 3.55. The van der Waals surface area contributed by atoms with Crippen LogP contribution in [0.4, 0.5) is 0 Å². The number of halogens is 3. The number of ether oxygens (including phenoxy) is 1. The average molecular weight is 458 g/mol. The molecule has 0 heterocycles. The molecule has 0 aliphatic carbocycles. The Hall–Kier alpha value is 0.720. The van der Waals surface area contributed by atoms with Gasteiger partial charge in [-0.25, -0.2) is 8.42 Å². The lowest BCUT2D eigenvalue weighted by atomic mass is 10.3. The number of hydrogen-bond acceptors (Lipinski definition) is 3. The highest BCUT2D eigenvalue weighted by Crippen LogP contribution is 2.34. The Morgan fingerprint density at radius 2 is 1.93 bits per heavy atom. The van der Waals surface area contributed by atoms with Crippen LogP contribution in [-0.4, -0.2) is 15.5 Å². The van der Waals surface area contributed by atoms with E-state index in [0.717, 1.165) is 7.14 Å². The summed E-state index contributed by atoms with van der Waals surface area (Å²) in [5, 5.41) is 0. The Kier molecular flexibility index (Phi) is 4.30. The van der Waals surface area contributed by atoms with E-state index >= 15 is 0 Å². The van der Waals surface area contributed by atoms with E-state index in [1.807, 2.05) is 22.6 Å². The first kappa shape index (κ1) is 12.8. The van der Waals surface area contributed by atoms with Crippen molar-refractivity contribution >= 4 is 64.9 Å². The van der Waals surface area contributed by atoms with E-state index in [0.29, 0.717) is 5.75 Å². The molecule has 0 radical (unpaired) electrons. The lowest BCUT2D eigenvalue weighted by Gasteiger charge is -2.08. The molecule has 0 aliphatic rings. The van der Waals surface area contributed by atoms with Crippen molar-refractivity contribution in [2.45, 2.75) is 4.90 Å². The van der Waals surface area contributed by atoms with Gasteiger partial charge in [-0.2, -0.15) is 0 Å². The van der Waals surface area contributed by atoms with Crippen LogP contribution in [0.5, 0.6) is 5.75 Å². The van der Waals surface area contributed by atoms with Crippen molar-refractivity contribution in [2.24, 2.45) is 0 Å². The molecule has 0 N–H and O–H groups in total. The molecular formula is C7H5ClI2O3S. The third-order valence-electron chi connectivity index (χ3n) is 1.48. The van der Waals surface area contributed by atoms with Crippen molar-refractivity contribution in [3.05, 3.63) is 19.3 Å². The molecule has 0 bridgehead atoms. The first-order chi connectivity index (χ1) is 6.38. The Bertz CT molecular complexity index is 458. The molecule has 1 aromatic rings. The molecule has 78 valence electrons. The van der Waals surface area contributed by atoms with Gasteiger partial charge in [-0.05, 0) is 57.3 Å². The van der Waals surface area contributed by atoms with Gasteiger partial charge in [0.2, 0.25) is 0 Å². The molecular weight excluding hydrogens is 453 g/mol. The fourth-order valence-electron chi connectivity index (χ4n) is 0.897. The van der Waals surface area contributed by atoms with Crippen molar-refractivity contribution in [3.63, 3.8) is 0 Å². The monoisotopic (exact) mass is 458 g/mol. The van der Waals surface area contributed by atoms with Crippen LogP contribution in [0, 0.1) is 7.14 Å². The van der Waals surface area contributed by atoms with Crippen LogP contribution in [0.15, 0.2) is 17.0 Å². The van der Waals surface area contributed by atoms with Crippen LogP contribution in [0.1, 0.15) is 0 Å². The largest absolute Gasteiger partial charge is 0.494 e. The van der Waals surface area contributed by atoms with Gasteiger partial charge in [0.25, 0.3) is 9.05 Å². The van der Waals surface area contributed by atoms with E-state index in [1.54, 1.807) is 6.07 Å². The topological polar surface area (TPSA) is 43.4 Å². The summed E-state index contributed by atoms with van der Waals surface area (Å²) in [6.07, 6.45) is 0. The van der Waals surface area contributed by atoms with Gasteiger partial charge < -0.3 is 4.74 Å². The van der Waals surface area contributed by atoms with Gasteiger partial charge in [0.15, 0.2) is 5.75 Å². The molecule has 3 nitrogen and oxygen atoms in total. The van der Waals surface area contributed by atoms with Gasteiger partial charge in [0.05, 0.1) is 10.7 Å². The van der Waals surface area contributed by atoms with E-state index < -0.39 is 9.05 Å². The van der Waals surface area contributed by atoms with Crippen LogP contribution in [0.2, 0.25) is 0 Å². The van der Waals surface area contributed by atoms with E-state index in [2.05, 4.69) is 22.6 Å². The summed E-state index contributed by atoms with van der Waals surface area (Å²) < 4.78 is 29.0. The second-order valence-corrected chi connectivity index (χ2v) is 7.11. The van der Waals surface area contributed by atoms with Gasteiger partial charge in [-0.15, -0.1) is 0 Å². The second kappa shape index (κ2) is 4.71. The summed E-state index contributed by atoms with van der Waals surface area (Å²) in [5.41, 5.74) is 0. The lowest BCUT2D eigenvalue weighted by Crippen LogP contribution is -1.99. The fourth-order valence-corrected chi connectivity index (χ4v) is 3.20. The van der Waals surface area contributed by atoms with E-state index in [9.17, 15) is 8.42 Å². The number of hydrogen-bond donors (Lipinski definition) is 0. The number of benzene rings is 1. The van der Waals surface area contributed by atoms with Crippen molar-refractivity contribution in [1.82, 2.24) is 0 Å². The predicted molar refractivity (Wildman–Crippen MR) is 71.5 cm³/mol. The molecule has 14 heavy (non-hydrogen) atoms. The Labute approximate surface area is 114 Å². The standard InChI is InChI=1S/C7H5ClI2O3S/c1-13-7-5(14(8,11)12)3-2-4(9)6(7)10/h2-3H,1H3. The summed E-state index contributed by atoms with van der Waals surface area (Å²) >= 11 is 4.11. The summed E-state index contributed by atoms with van der Waals surface area (Å²) in [5.74, 6) is 0.299. The summed E-state index contributed by atoms with van der Waals surface area (Å²) in [4.78, 5) is 0.00600. The predicted octanol–water partition coefficient (Wildman–Crippen LogP) is 2.83.